The summed E-state index contributed by atoms with van der Waals surface area (Å²) >= 11 is 0. The van der Waals surface area contributed by atoms with Gasteiger partial charge in [-0.1, -0.05) is 0 Å². The van der Waals surface area contributed by atoms with Gasteiger partial charge in [0.15, 0.2) is 0 Å². The summed E-state index contributed by atoms with van der Waals surface area (Å²) in [5.41, 5.74) is -0.0460. The van der Waals surface area contributed by atoms with E-state index in [2.05, 4.69) is 5.32 Å². The van der Waals surface area contributed by atoms with E-state index in [0.717, 1.165) is 11.8 Å². The summed E-state index contributed by atoms with van der Waals surface area (Å²) in [5.74, 6) is 0. The van der Waals surface area contributed by atoms with Crippen molar-refractivity contribution in [3.05, 3.63) is 29.3 Å². The molecular weight excluding hydrogens is 243 g/mol. The molecule has 1 atom stereocenters. The van der Waals surface area contributed by atoms with Crippen molar-refractivity contribution in [2.24, 2.45) is 0 Å². The fourth-order valence-corrected chi connectivity index (χ4v) is 2.34. The van der Waals surface area contributed by atoms with Crippen LogP contribution in [0.1, 0.15) is 31.4 Å². The van der Waals surface area contributed by atoms with E-state index in [9.17, 15) is 18.3 Å². The van der Waals surface area contributed by atoms with Crippen LogP contribution in [-0.4, -0.2) is 16.7 Å². The molecule has 0 fully saturated rings. The highest BCUT2D eigenvalue weighted by Gasteiger charge is 2.33. The molecule has 0 saturated carbocycles. The Morgan fingerprint density at radius 1 is 1.33 bits per heavy atom. The lowest BCUT2D eigenvalue weighted by molar-refractivity contribution is -0.137. The molecule has 1 aliphatic heterocycles. The zero-order valence-electron chi connectivity index (χ0n) is 10.3. The fourth-order valence-electron chi connectivity index (χ4n) is 2.34. The highest BCUT2D eigenvalue weighted by atomic mass is 19.4. The maximum Gasteiger partial charge on any atom is 0.416 e. The Labute approximate surface area is 104 Å². The van der Waals surface area contributed by atoms with E-state index in [-0.39, 0.29) is 6.04 Å². The maximum absolute atomic E-state index is 12.6. The third-order valence-electron chi connectivity index (χ3n) is 3.00. The first kappa shape index (κ1) is 13.2. The van der Waals surface area contributed by atoms with Crippen molar-refractivity contribution in [1.82, 2.24) is 0 Å². The van der Waals surface area contributed by atoms with Crippen LogP contribution in [0, 0.1) is 0 Å². The standard InChI is InChI=1S/C13H16F3NO/c1-12(2,18)7-10-6-8-5-9(13(14,15)16)3-4-11(8)17-10/h3-5,10,17-18H,6-7H2,1-2H3. The molecule has 5 heteroatoms. The van der Waals surface area contributed by atoms with Crippen molar-refractivity contribution in [1.29, 1.82) is 0 Å². The highest BCUT2D eigenvalue weighted by Crippen LogP contribution is 2.35. The van der Waals surface area contributed by atoms with Gasteiger partial charge in [0.2, 0.25) is 0 Å². The second kappa shape index (κ2) is 4.16. The summed E-state index contributed by atoms with van der Waals surface area (Å²) in [6.07, 6.45) is -3.28. The van der Waals surface area contributed by atoms with Crippen molar-refractivity contribution >= 4 is 5.69 Å². The van der Waals surface area contributed by atoms with Gasteiger partial charge in [0.25, 0.3) is 0 Å². The Morgan fingerprint density at radius 3 is 2.56 bits per heavy atom. The van der Waals surface area contributed by atoms with Crippen molar-refractivity contribution in [3.8, 4) is 0 Å². The quantitative estimate of drug-likeness (QED) is 0.854. The Balaban J connectivity index is 2.16. The van der Waals surface area contributed by atoms with Crippen molar-refractivity contribution in [2.75, 3.05) is 5.32 Å². The first-order valence-corrected chi connectivity index (χ1v) is 5.84. The van der Waals surface area contributed by atoms with Gasteiger partial charge in [-0.15, -0.1) is 0 Å². The summed E-state index contributed by atoms with van der Waals surface area (Å²) in [6, 6.07) is 3.72. The number of fused-ring (bicyclic) bond motifs is 1. The Hall–Kier alpha value is -1.23. The van der Waals surface area contributed by atoms with E-state index in [1.807, 2.05) is 0 Å². The third-order valence-corrected chi connectivity index (χ3v) is 3.00. The first-order valence-electron chi connectivity index (χ1n) is 5.84. The summed E-state index contributed by atoms with van der Waals surface area (Å²) in [7, 11) is 0. The van der Waals surface area contributed by atoms with E-state index >= 15 is 0 Å². The number of halogens is 3. The maximum atomic E-state index is 12.6. The third kappa shape index (κ3) is 2.96. The normalized spacial score (nSPS) is 19.6. The van der Waals surface area contributed by atoms with Gasteiger partial charge < -0.3 is 10.4 Å². The summed E-state index contributed by atoms with van der Waals surface area (Å²) in [6.45, 7) is 3.39. The second-order valence-corrected chi connectivity index (χ2v) is 5.43. The van der Waals surface area contributed by atoms with Gasteiger partial charge in [-0.05, 0) is 50.5 Å². The molecule has 0 spiro atoms. The topological polar surface area (TPSA) is 32.3 Å². The molecule has 100 valence electrons. The van der Waals surface area contributed by atoms with Gasteiger partial charge in [0, 0.05) is 11.7 Å². The molecule has 2 rings (SSSR count). The van der Waals surface area contributed by atoms with Crippen LogP contribution in [0.25, 0.3) is 0 Å². The smallest absolute Gasteiger partial charge is 0.390 e. The van der Waals surface area contributed by atoms with Crippen molar-refractivity contribution in [2.45, 2.75) is 44.5 Å². The molecule has 0 amide bonds. The molecule has 1 aliphatic rings. The molecule has 0 aliphatic carbocycles. The second-order valence-electron chi connectivity index (χ2n) is 5.43. The summed E-state index contributed by atoms with van der Waals surface area (Å²) < 4.78 is 37.7. The number of benzene rings is 1. The molecule has 1 aromatic rings. The number of hydrogen-bond donors (Lipinski definition) is 2. The van der Waals surface area contributed by atoms with Gasteiger partial charge >= 0.3 is 6.18 Å². The number of rotatable bonds is 2. The lowest BCUT2D eigenvalue weighted by Crippen LogP contribution is -2.29. The van der Waals surface area contributed by atoms with Gasteiger partial charge in [-0.2, -0.15) is 13.2 Å². The van der Waals surface area contributed by atoms with Crippen molar-refractivity contribution < 1.29 is 18.3 Å². The Bertz CT molecular complexity index is 449. The molecule has 0 bridgehead atoms. The number of nitrogens with one attached hydrogen (secondary N) is 1. The predicted octanol–water partition coefficient (Wildman–Crippen LogP) is 3.20. The van der Waals surface area contributed by atoms with Gasteiger partial charge in [0.05, 0.1) is 11.2 Å². The van der Waals surface area contributed by atoms with E-state index in [4.69, 9.17) is 0 Å². The minimum Gasteiger partial charge on any atom is -0.390 e. The van der Waals surface area contributed by atoms with Crippen LogP contribution in [0.15, 0.2) is 18.2 Å². The molecule has 0 saturated heterocycles. The van der Waals surface area contributed by atoms with E-state index in [0.29, 0.717) is 18.4 Å². The van der Waals surface area contributed by atoms with Crippen LogP contribution >= 0.6 is 0 Å². The molecule has 2 N–H and O–H groups in total. The summed E-state index contributed by atoms with van der Waals surface area (Å²) in [4.78, 5) is 0. The predicted molar refractivity (Wildman–Crippen MR) is 63.5 cm³/mol. The monoisotopic (exact) mass is 259 g/mol. The van der Waals surface area contributed by atoms with Crippen LogP contribution in [0.5, 0.6) is 0 Å². The fraction of sp³-hybridized carbons (Fsp3) is 0.538. The molecule has 0 radical (unpaired) electrons. The minimum atomic E-state index is -4.30. The van der Waals surface area contributed by atoms with E-state index in [1.165, 1.54) is 12.1 Å². The lowest BCUT2D eigenvalue weighted by atomic mass is 9.96. The summed E-state index contributed by atoms with van der Waals surface area (Å²) in [5, 5.41) is 12.9. The molecule has 18 heavy (non-hydrogen) atoms. The van der Waals surface area contributed by atoms with Crippen LogP contribution in [0.4, 0.5) is 18.9 Å². The zero-order valence-corrected chi connectivity index (χ0v) is 10.3. The first-order chi connectivity index (χ1) is 8.15. The van der Waals surface area contributed by atoms with Gasteiger partial charge in [-0.25, -0.2) is 0 Å². The lowest BCUT2D eigenvalue weighted by Gasteiger charge is -2.22. The van der Waals surface area contributed by atoms with Gasteiger partial charge in [0.1, 0.15) is 0 Å². The number of alkyl halides is 3. The average Bonchev–Trinajstić information content (AvgIpc) is 2.53. The Kier molecular flexibility index (Phi) is 3.05. The Morgan fingerprint density at radius 2 is 2.00 bits per heavy atom. The van der Waals surface area contributed by atoms with Crippen molar-refractivity contribution in [3.63, 3.8) is 0 Å². The molecule has 1 unspecified atom stereocenters. The van der Waals surface area contributed by atoms with Gasteiger partial charge in [-0.3, -0.25) is 0 Å². The van der Waals surface area contributed by atoms with Crippen LogP contribution in [0.2, 0.25) is 0 Å². The van der Waals surface area contributed by atoms with E-state index < -0.39 is 17.3 Å². The largest absolute Gasteiger partial charge is 0.416 e. The number of aliphatic hydroxyl groups is 1. The SMILES string of the molecule is CC(C)(O)CC1Cc2cc(C(F)(F)F)ccc2N1. The van der Waals surface area contributed by atoms with Crippen LogP contribution in [-0.2, 0) is 12.6 Å². The zero-order chi connectivity index (χ0) is 13.6. The molecular formula is C13H16F3NO. The molecule has 2 nitrogen and oxygen atoms in total. The molecule has 1 heterocycles. The minimum absolute atomic E-state index is 0.0107. The number of anilines is 1. The van der Waals surface area contributed by atoms with Crippen LogP contribution < -0.4 is 5.32 Å². The highest BCUT2D eigenvalue weighted by molar-refractivity contribution is 5.58. The average molecular weight is 259 g/mol. The number of hydrogen-bond acceptors (Lipinski definition) is 2. The van der Waals surface area contributed by atoms with Crippen LogP contribution in [0.3, 0.4) is 0 Å². The molecule has 1 aromatic carbocycles. The van der Waals surface area contributed by atoms with E-state index in [1.54, 1.807) is 13.8 Å². The molecule has 0 aromatic heterocycles.